The van der Waals surface area contributed by atoms with E-state index in [0.717, 1.165) is 40.1 Å². The average molecular weight is 474 g/mol. The van der Waals surface area contributed by atoms with Crippen LogP contribution < -0.4 is 14.4 Å². The summed E-state index contributed by atoms with van der Waals surface area (Å²) in [4.78, 5) is 2.22. The molecule has 180 valence electrons. The zero-order valence-electron chi connectivity index (χ0n) is 21.0. The van der Waals surface area contributed by atoms with Gasteiger partial charge in [-0.15, -0.1) is 0 Å². The highest BCUT2D eigenvalue weighted by Crippen LogP contribution is 2.37. The van der Waals surface area contributed by atoms with Gasteiger partial charge in [0, 0.05) is 17.1 Å². The van der Waals surface area contributed by atoms with Crippen LogP contribution in [-0.4, -0.2) is 0 Å². The summed E-state index contributed by atoms with van der Waals surface area (Å²) in [6, 6.07) is 44.4. The number of anilines is 3. The molecule has 0 heterocycles. The van der Waals surface area contributed by atoms with E-state index >= 15 is 0 Å². The molecule has 0 atom stereocenters. The fourth-order valence-electron chi connectivity index (χ4n) is 3.72. The van der Waals surface area contributed by atoms with Crippen LogP contribution in [0.25, 0.3) is 0 Å². The first-order valence-corrected chi connectivity index (χ1v) is 12.3. The van der Waals surface area contributed by atoms with Crippen molar-refractivity contribution < 1.29 is 9.47 Å². The van der Waals surface area contributed by atoms with Crippen LogP contribution in [0.2, 0.25) is 0 Å². The molecule has 0 radical (unpaired) electrons. The first-order valence-electron chi connectivity index (χ1n) is 12.3. The molecule has 0 aromatic heterocycles. The Labute approximate surface area is 214 Å². The van der Waals surface area contributed by atoms with Crippen LogP contribution in [0.1, 0.15) is 19.4 Å². The fraction of sp³-hybridized carbons (Fsp3) is 0.0909. The topological polar surface area (TPSA) is 21.7 Å². The van der Waals surface area contributed by atoms with Crippen molar-refractivity contribution in [2.45, 2.75) is 20.8 Å². The lowest BCUT2D eigenvalue weighted by Crippen LogP contribution is -2.09. The van der Waals surface area contributed by atoms with Gasteiger partial charge in [0.15, 0.2) is 0 Å². The van der Waals surface area contributed by atoms with Gasteiger partial charge in [0.05, 0.1) is 0 Å². The van der Waals surface area contributed by atoms with E-state index in [2.05, 4.69) is 60.4 Å². The number of hydrogen-bond acceptors (Lipinski definition) is 3. The zero-order chi connectivity index (χ0) is 25.2. The smallest absolute Gasteiger partial charge is 0.127 e. The molecule has 3 heteroatoms. The highest BCUT2D eigenvalue weighted by Gasteiger charge is 2.13. The number of rotatable bonds is 7. The lowest BCUT2D eigenvalue weighted by molar-refractivity contribution is 0.482. The highest BCUT2D eigenvalue weighted by atomic mass is 16.5. The molecule has 0 saturated carbocycles. The Bertz CT molecular complexity index is 1230. The predicted molar refractivity (Wildman–Crippen MR) is 150 cm³/mol. The molecule has 0 amide bonds. The lowest BCUT2D eigenvalue weighted by Gasteiger charge is -2.26. The predicted octanol–water partition coefficient (Wildman–Crippen LogP) is 10.1. The third kappa shape index (κ3) is 6.34. The molecular weight excluding hydrogens is 442 g/mol. The van der Waals surface area contributed by atoms with Gasteiger partial charge >= 0.3 is 0 Å². The van der Waals surface area contributed by atoms with Crippen molar-refractivity contribution in [3.05, 3.63) is 139 Å². The summed E-state index contributed by atoms with van der Waals surface area (Å²) in [6.45, 7) is 6.10. The number of para-hydroxylation sites is 2. The van der Waals surface area contributed by atoms with Crippen molar-refractivity contribution in [1.29, 1.82) is 0 Å². The summed E-state index contributed by atoms with van der Waals surface area (Å²) < 4.78 is 12.0. The van der Waals surface area contributed by atoms with Gasteiger partial charge in [-0.05, 0) is 91.9 Å². The number of hydrogen-bond donors (Lipinski definition) is 0. The molecule has 0 aliphatic carbocycles. The van der Waals surface area contributed by atoms with Gasteiger partial charge in [-0.25, -0.2) is 0 Å². The molecule has 0 saturated heterocycles. The molecule has 0 fully saturated rings. The van der Waals surface area contributed by atoms with Gasteiger partial charge in [-0.1, -0.05) is 67.9 Å². The van der Waals surface area contributed by atoms with Gasteiger partial charge in [0.25, 0.3) is 0 Å². The zero-order valence-corrected chi connectivity index (χ0v) is 21.0. The molecule has 0 spiro atoms. The van der Waals surface area contributed by atoms with Gasteiger partial charge in [-0.3, -0.25) is 0 Å². The molecule has 0 aliphatic heterocycles. The first kappa shape index (κ1) is 24.6. The Morgan fingerprint density at radius 1 is 0.389 bits per heavy atom. The summed E-state index contributed by atoms with van der Waals surface area (Å²) in [6.07, 6.45) is 0. The quantitative estimate of drug-likeness (QED) is 0.235. The second-order valence-electron chi connectivity index (χ2n) is 7.99. The van der Waals surface area contributed by atoms with Crippen LogP contribution in [0.5, 0.6) is 23.0 Å². The molecule has 0 bridgehead atoms. The van der Waals surface area contributed by atoms with Crippen LogP contribution in [0.3, 0.4) is 0 Å². The van der Waals surface area contributed by atoms with Crippen molar-refractivity contribution in [2.24, 2.45) is 0 Å². The molecule has 36 heavy (non-hydrogen) atoms. The van der Waals surface area contributed by atoms with Crippen molar-refractivity contribution in [3.63, 3.8) is 0 Å². The molecular formula is C33H31NO2. The van der Waals surface area contributed by atoms with Crippen molar-refractivity contribution in [3.8, 4) is 23.0 Å². The normalized spacial score (nSPS) is 10.1. The van der Waals surface area contributed by atoms with E-state index in [0.29, 0.717) is 0 Å². The van der Waals surface area contributed by atoms with Gasteiger partial charge < -0.3 is 14.4 Å². The van der Waals surface area contributed by atoms with Crippen LogP contribution in [-0.2, 0) is 0 Å². The Balaban J connectivity index is 0.00000148. The third-order valence-electron chi connectivity index (χ3n) is 5.44. The maximum Gasteiger partial charge on any atom is 0.127 e. The van der Waals surface area contributed by atoms with Crippen molar-refractivity contribution in [1.82, 2.24) is 0 Å². The minimum absolute atomic E-state index is 0.797. The van der Waals surface area contributed by atoms with E-state index in [1.165, 1.54) is 5.56 Å². The minimum Gasteiger partial charge on any atom is -0.457 e. The second-order valence-corrected chi connectivity index (χ2v) is 7.99. The summed E-state index contributed by atoms with van der Waals surface area (Å²) in [5, 5.41) is 0. The Kier molecular flexibility index (Phi) is 8.39. The summed E-state index contributed by atoms with van der Waals surface area (Å²) in [7, 11) is 0. The Morgan fingerprint density at radius 2 is 0.694 bits per heavy atom. The molecule has 5 aromatic carbocycles. The minimum atomic E-state index is 0.797. The average Bonchev–Trinajstić information content (AvgIpc) is 2.94. The van der Waals surface area contributed by atoms with Gasteiger partial charge in [0.2, 0.25) is 0 Å². The Morgan fingerprint density at radius 3 is 1.06 bits per heavy atom. The second kappa shape index (κ2) is 12.3. The van der Waals surface area contributed by atoms with E-state index in [1.807, 2.05) is 98.8 Å². The van der Waals surface area contributed by atoms with Crippen molar-refractivity contribution in [2.75, 3.05) is 4.90 Å². The van der Waals surface area contributed by atoms with Gasteiger partial charge in [0.1, 0.15) is 23.0 Å². The van der Waals surface area contributed by atoms with Crippen molar-refractivity contribution >= 4 is 17.1 Å². The van der Waals surface area contributed by atoms with Gasteiger partial charge in [-0.2, -0.15) is 0 Å². The highest BCUT2D eigenvalue weighted by molar-refractivity contribution is 5.77. The molecule has 5 rings (SSSR count). The maximum atomic E-state index is 5.98. The molecule has 0 unspecified atom stereocenters. The van der Waals surface area contributed by atoms with Crippen LogP contribution >= 0.6 is 0 Å². The summed E-state index contributed by atoms with van der Waals surface area (Å²) in [5.41, 5.74) is 4.39. The number of aryl methyl sites for hydroxylation is 1. The SMILES string of the molecule is CC.Cc1ccc(N(c2ccc(Oc3ccccc3)cc2)c2ccc(Oc3ccccc3)cc2)cc1. The number of nitrogens with zero attached hydrogens (tertiary/aromatic N) is 1. The molecule has 0 aliphatic rings. The molecule has 0 N–H and O–H groups in total. The van der Waals surface area contributed by atoms with E-state index in [-0.39, 0.29) is 0 Å². The Hall–Kier alpha value is -4.50. The van der Waals surface area contributed by atoms with Crippen LogP contribution in [0.15, 0.2) is 133 Å². The number of ether oxygens (including phenoxy) is 2. The largest absolute Gasteiger partial charge is 0.457 e. The fourth-order valence-corrected chi connectivity index (χ4v) is 3.72. The molecule has 5 aromatic rings. The maximum absolute atomic E-state index is 5.98. The first-order chi connectivity index (χ1) is 17.7. The summed E-state index contributed by atoms with van der Waals surface area (Å²) in [5.74, 6) is 3.23. The molecule has 3 nitrogen and oxygen atoms in total. The van der Waals surface area contributed by atoms with Crippen LogP contribution in [0.4, 0.5) is 17.1 Å². The van der Waals surface area contributed by atoms with E-state index in [4.69, 9.17) is 9.47 Å². The monoisotopic (exact) mass is 473 g/mol. The van der Waals surface area contributed by atoms with E-state index < -0.39 is 0 Å². The third-order valence-corrected chi connectivity index (χ3v) is 5.44. The lowest BCUT2D eigenvalue weighted by atomic mass is 10.1. The van der Waals surface area contributed by atoms with E-state index in [1.54, 1.807) is 0 Å². The standard InChI is InChI=1S/C31H25NO2.C2H6/c1-24-12-14-25(15-13-24)32(26-16-20-30(21-17-26)33-28-8-4-2-5-9-28)27-18-22-31(23-19-27)34-29-10-6-3-7-11-29;1-2/h2-23H,1H3;1-2H3. The number of benzene rings is 5. The van der Waals surface area contributed by atoms with E-state index in [9.17, 15) is 0 Å². The summed E-state index contributed by atoms with van der Waals surface area (Å²) >= 11 is 0. The van der Waals surface area contributed by atoms with Crippen LogP contribution in [0, 0.1) is 6.92 Å².